The van der Waals surface area contributed by atoms with E-state index in [9.17, 15) is 0 Å². The standard InChI is InChI=1S/C32H21BrN2/c33-26-17-16-23(20-10-4-1-5-11-20)30-25-19-27-24(18-28(25)35-32(26)30)29(21-12-6-2-7-13-21)31(34-27)22-14-8-3-9-15-22/h1-19,23,29H. The molecule has 7 rings (SSSR count). The number of fused-ring (bicyclic) bond motifs is 3. The smallest absolute Gasteiger partial charge is 0.0827 e. The van der Waals surface area contributed by atoms with Crippen LogP contribution in [0.25, 0.3) is 5.57 Å². The first kappa shape index (κ1) is 20.5. The minimum absolute atomic E-state index is 0.0854. The lowest BCUT2D eigenvalue weighted by Crippen LogP contribution is -2.25. The Balaban J connectivity index is 1.48. The minimum atomic E-state index is 0.0854. The molecule has 0 aromatic heterocycles. The van der Waals surface area contributed by atoms with Crippen LogP contribution in [0.15, 0.2) is 135 Å². The van der Waals surface area contributed by atoms with Crippen LogP contribution in [0, 0.1) is 0 Å². The molecule has 2 aliphatic heterocycles. The highest BCUT2D eigenvalue weighted by atomic mass is 79.9. The van der Waals surface area contributed by atoms with Crippen molar-refractivity contribution in [3.63, 3.8) is 0 Å². The minimum Gasteiger partial charge on any atom is -0.251 e. The van der Waals surface area contributed by atoms with Crippen molar-refractivity contribution >= 4 is 32.9 Å². The fourth-order valence-corrected chi connectivity index (χ4v) is 5.95. The molecule has 0 saturated carbocycles. The summed E-state index contributed by atoms with van der Waals surface area (Å²) in [5.41, 5.74) is 9.33. The Bertz CT molecular complexity index is 1680. The molecular weight excluding hydrogens is 492 g/mol. The fraction of sp³-hybridized carbons (Fsp3) is 0.0625. The zero-order chi connectivity index (χ0) is 23.4. The highest BCUT2D eigenvalue weighted by Gasteiger charge is 2.33. The molecule has 0 saturated heterocycles. The van der Waals surface area contributed by atoms with Gasteiger partial charge in [-0.15, -0.1) is 0 Å². The second kappa shape index (κ2) is 8.14. The topological polar surface area (TPSA) is 24.7 Å². The van der Waals surface area contributed by atoms with Gasteiger partial charge in [-0.05, 0) is 62.0 Å². The Morgan fingerprint density at radius 1 is 0.686 bits per heavy atom. The van der Waals surface area contributed by atoms with Crippen molar-refractivity contribution in [3.05, 3.63) is 158 Å². The zero-order valence-corrected chi connectivity index (χ0v) is 20.5. The number of hydrogen-bond donors (Lipinski definition) is 0. The average molecular weight is 513 g/mol. The maximum absolute atomic E-state index is 5.23. The molecule has 2 nitrogen and oxygen atoms in total. The average Bonchev–Trinajstić information content (AvgIpc) is 3.48. The third-order valence-corrected chi connectivity index (χ3v) is 7.72. The summed E-state index contributed by atoms with van der Waals surface area (Å²) in [7, 11) is 0. The second-order valence-electron chi connectivity index (χ2n) is 9.10. The summed E-state index contributed by atoms with van der Waals surface area (Å²) in [4.78, 5) is 10.4. The highest BCUT2D eigenvalue weighted by molar-refractivity contribution is 9.11. The number of nitrogens with zero attached hydrogens (tertiary/aromatic N) is 2. The van der Waals surface area contributed by atoms with Crippen LogP contribution in [0.5, 0.6) is 0 Å². The van der Waals surface area contributed by atoms with Crippen LogP contribution >= 0.6 is 15.9 Å². The number of allylic oxidation sites excluding steroid dienone is 4. The molecule has 0 spiro atoms. The van der Waals surface area contributed by atoms with Gasteiger partial charge in [0.05, 0.1) is 28.4 Å². The SMILES string of the molecule is BrC1=C2N=c3cc4c(cc3=C2C(c2ccccc2)C=C1)N=C(c1ccccc1)C4c1ccccc1. The summed E-state index contributed by atoms with van der Waals surface area (Å²) in [6.45, 7) is 0. The summed E-state index contributed by atoms with van der Waals surface area (Å²) in [5, 5.41) is 2.21. The van der Waals surface area contributed by atoms with Gasteiger partial charge in [0.25, 0.3) is 0 Å². The summed E-state index contributed by atoms with van der Waals surface area (Å²) in [6, 6.07) is 36.4. The van der Waals surface area contributed by atoms with E-state index in [1.54, 1.807) is 0 Å². The van der Waals surface area contributed by atoms with Gasteiger partial charge >= 0.3 is 0 Å². The van der Waals surface area contributed by atoms with Crippen LogP contribution in [-0.2, 0) is 0 Å². The number of aliphatic imine (C=N–C) groups is 1. The molecule has 3 heteroatoms. The normalized spacial score (nSPS) is 19.7. The molecule has 2 atom stereocenters. The molecule has 0 N–H and O–H groups in total. The summed E-state index contributed by atoms with van der Waals surface area (Å²) >= 11 is 3.76. The van der Waals surface area contributed by atoms with Gasteiger partial charge < -0.3 is 0 Å². The zero-order valence-electron chi connectivity index (χ0n) is 18.9. The largest absolute Gasteiger partial charge is 0.251 e. The van der Waals surface area contributed by atoms with Gasteiger partial charge in [0, 0.05) is 15.6 Å². The first-order chi connectivity index (χ1) is 17.3. The predicted octanol–water partition coefficient (Wildman–Crippen LogP) is 6.70. The highest BCUT2D eigenvalue weighted by Crippen LogP contribution is 2.43. The molecule has 4 aromatic rings. The van der Waals surface area contributed by atoms with Crippen molar-refractivity contribution in [2.24, 2.45) is 9.98 Å². The van der Waals surface area contributed by atoms with Crippen molar-refractivity contribution < 1.29 is 0 Å². The van der Waals surface area contributed by atoms with E-state index in [0.29, 0.717) is 0 Å². The molecule has 3 aliphatic rings. The van der Waals surface area contributed by atoms with Crippen LogP contribution < -0.4 is 10.6 Å². The summed E-state index contributed by atoms with van der Waals surface area (Å²) < 4.78 is 1.03. The van der Waals surface area contributed by atoms with Gasteiger partial charge in [0.15, 0.2) is 0 Å². The Hall–Kier alpha value is -3.82. The van der Waals surface area contributed by atoms with Gasteiger partial charge in [-0.1, -0.05) is 97.1 Å². The maximum Gasteiger partial charge on any atom is 0.0827 e. The van der Waals surface area contributed by atoms with Crippen LogP contribution in [0.3, 0.4) is 0 Å². The molecule has 0 fully saturated rings. The van der Waals surface area contributed by atoms with E-state index in [4.69, 9.17) is 9.98 Å². The molecular formula is C32H21BrN2. The molecule has 0 amide bonds. The van der Waals surface area contributed by atoms with E-state index in [-0.39, 0.29) is 11.8 Å². The Morgan fingerprint density at radius 3 is 2.06 bits per heavy atom. The molecule has 166 valence electrons. The third-order valence-electron chi connectivity index (χ3n) is 7.08. The molecule has 35 heavy (non-hydrogen) atoms. The number of halogens is 1. The molecule has 0 bridgehead atoms. The lowest BCUT2D eigenvalue weighted by Gasteiger charge is -2.20. The fourth-order valence-electron chi connectivity index (χ4n) is 5.49. The van der Waals surface area contributed by atoms with Gasteiger partial charge in [-0.2, -0.15) is 0 Å². The van der Waals surface area contributed by atoms with Crippen molar-refractivity contribution in [1.29, 1.82) is 0 Å². The van der Waals surface area contributed by atoms with Crippen LogP contribution in [0.1, 0.15) is 34.1 Å². The van der Waals surface area contributed by atoms with Gasteiger partial charge in [-0.3, -0.25) is 4.99 Å². The van der Waals surface area contributed by atoms with E-state index < -0.39 is 0 Å². The predicted molar refractivity (Wildman–Crippen MR) is 146 cm³/mol. The summed E-state index contributed by atoms with van der Waals surface area (Å²) in [6.07, 6.45) is 4.40. The second-order valence-corrected chi connectivity index (χ2v) is 9.96. The molecule has 4 aromatic carbocycles. The quantitative estimate of drug-likeness (QED) is 0.292. The Morgan fingerprint density at radius 2 is 1.34 bits per heavy atom. The molecule has 2 unspecified atom stereocenters. The first-order valence-corrected chi connectivity index (χ1v) is 12.7. The first-order valence-electron chi connectivity index (χ1n) is 11.9. The molecule has 2 heterocycles. The monoisotopic (exact) mass is 512 g/mol. The van der Waals surface area contributed by atoms with Crippen LogP contribution in [0.4, 0.5) is 5.69 Å². The van der Waals surface area contributed by atoms with Crippen molar-refractivity contribution in [2.75, 3.05) is 0 Å². The van der Waals surface area contributed by atoms with E-state index in [1.807, 2.05) is 0 Å². The summed E-state index contributed by atoms with van der Waals surface area (Å²) in [5.74, 6) is 0.252. The van der Waals surface area contributed by atoms with Gasteiger partial charge in [0.1, 0.15) is 0 Å². The third kappa shape index (κ3) is 3.30. The van der Waals surface area contributed by atoms with E-state index >= 15 is 0 Å². The maximum atomic E-state index is 5.23. The van der Waals surface area contributed by atoms with Crippen molar-refractivity contribution in [1.82, 2.24) is 0 Å². The number of hydrogen-bond acceptors (Lipinski definition) is 2. The van der Waals surface area contributed by atoms with E-state index in [0.717, 1.165) is 32.5 Å². The number of rotatable bonds is 3. The number of benzene rings is 4. The van der Waals surface area contributed by atoms with E-state index in [1.165, 1.54) is 27.5 Å². The van der Waals surface area contributed by atoms with Gasteiger partial charge in [-0.25, -0.2) is 4.99 Å². The van der Waals surface area contributed by atoms with Crippen molar-refractivity contribution in [2.45, 2.75) is 11.8 Å². The lowest BCUT2D eigenvalue weighted by molar-refractivity contribution is 1.07. The van der Waals surface area contributed by atoms with Crippen LogP contribution in [0.2, 0.25) is 0 Å². The van der Waals surface area contributed by atoms with Gasteiger partial charge in [0.2, 0.25) is 0 Å². The Kier molecular flexibility index (Phi) is 4.78. The van der Waals surface area contributed by atoms with E-state index in [2.05, 4.69) is 131 Å². The van der Waals surface area contributed by atoms with Crippen LogP contribution in [-0.4, -0.2) is 5.71 Å². The molecule has 0 radical (unpaired) electrons. The molecule has 1 aliphatic carbocycles. The lowest BCUT2D eigenvalue weighted by atomic mass is 9.84. The van der Waals surface area contributed by atoms with Crippen molar-refractivity contribution in [3.8, 4) is 0 Å². The Labute approximate surface area is 212 Å².